The highest BCUT2D eigenvalue weighted by Crippen LogP contribution is 2.19. The van der Waals surface area contributed by atoms with Gasteiger partial charge in [-0.1, -0.05) is 18.2 Å². The molecule has 1 heterocycles. The summed E-state index contributed by atoms with van der Waals surface area (Å²) in [7, 11) is 1.50. The number of benzene rings is 2. The van der Waals surface area contributed by atoms with Crippen molar-refractivity contribution in [3.8, 4) is 5.75 Å². The van der Waals surface area contributed by atoms with Crippen LogP contribution in [0, 0.1) is 5.82 Å². The van der Waals surface area contributed by atoms with Gasteiger partial charge < -0.3 is 15.4 Å². The Kier molecular flexibility index (Phi) is 4.84. The van der Waals surface area contributed by atoms with Crippen LogP contribution in [-0.4, -0.2) is 23.2 Å². The average molecular weight is 338 g/mol. The van der Waals surface area contributed by atoms with Crippen molar-refractivity contribution >= 4 is 23.2 Å². The molecule has 126 valence electrons. The summed E-state index contributed by atoms with van der Waals surface area (Å²) in [4.78, 5) is 12.3. The number of aromatic nitrogens is 2. The van der Waals surface area contributed by atoms with Gasteiger partial charge in [0.2, 0.25) is 0 Å². The lowest BCUT2D eigenvalue weighted by Crippen LogP contribution is -2.14. The highest BCUT2D eigenvalue weighted by Gasteiger charge is 2.12. The summed E-state index contributed by atoms with van der Waals surface area (Å²) >= 11 is 0. The van der Waals surface area contributed by atoms with Crippen LogP contribution < -0.4 is 15.4 Å². The summed E-state index contributed by atoms with van der Waals surface area (Å²) in [6, 6.07) is 16.1. The normalized spacial score (nSPS) is 10.2. The molecule has 2 aromatic carbocycles. The molecule has 6 nitrogen and oxygen atoms in total. The first-order chi connectivity index (χ1) is 12.2. The number of carbonyl (C=O) groups excluding carboxylic acids is 1. The van der Waals surface area contributed by atoms with Crippen molar-refractivity contribution in [1.29, 1.82) is 0 Å². The van der Waals surface area contributed by atoms with Gasteiger partial charge in [0.25, 0.3) is 5.91 Å². The first-order valence-electron chi connectivity index (χ1n) is 7.46. The Balaban J connectivity index is 1.69. The van der Waals surface area contributed by atoms with Crippen molar-refractivity contribution in [2.75, 3.05) is 17.7 Å². The third-order valence-electron chi connectivity index (χ3n) is 3.35. The topological polar surface area (TPSA) is 76.1 Å². The lowest BCUT2D eigenvalue weighted by Gasteiger charge is -2.09. The van der Waals surface area contributed by atoms with E-state index in [2.05, 4.69) is 20.8 Å². The fourth-order valence-corrected chi connectivity index (χ4v) is 2.20. The predicted molar refractivity (Wildman–Crippen MR) is 92.7 cm³/mol. The molecule has 0 aliphatic rings. The number of hydrogen-bond donors (Lipinski definition) is 2. The van der Waals surface area contributed by atoms with Gasteiger partial charge in [0.15, 0.2) is 11.6 Å². The number of rotatable bonds is 5. The molecule has 0 saturated heterocycles. The van der Waals surface area contributed by atoms with Gasteiger partial charge in [-0.05, 0) is 42.5 Å². The van der Waals surface area contributed by atoms with Gasteiger partial charge in [-0.3, -0.25) is 4.79 Å². The van der Waals surface area contributed by atoms with E-state index in [0.717, 1.165) is 0 Å². The van der Waals surface area contributed by atoms with Gasteiger partial charge in [0, 0.05) is 5.69 Å². The molecule has 0 unspecified atom stereocenters. The molecule has 0 aliphatic carbocycles. The molecule has 1 aromatic heterocycles. The van der Waals surface area contributed by atoms with Crippen molar-refractivity contribution in [2.45, 2.75) is 0 Å². The van der Waals surface area contributed by atoms with Crippen LogP contribution in [0.1, 0.15) is 10.4 Å². The number of amides is 1. The van der Waals surface area contributed by atoms with Gasteiger partial charge >= 0.3 is 0 Å². The average Bonchev–Trinajstić information content (AvgIpc) is 2.63. The van der Waals surface area contributed by atoms with Crippen molar-refractivity contribution in [1.82, 2.24) is 10.2 Å². The molecule has 0 radical (unpaired) electrons. The van der Waals surface area contributed by atoms with E-state index in [-0.39, 0.29) is 11.7 Å². The van der Waals surface area contributed by atoms with E-state index in [0.29, 0.717) is 28.6 Å². The van der Waals surface area contributed by atoms with E-state index in [9.17, 15) is 9.18 Å². The maximum Gasteiger partial charge on any atom is 0.260 e. The minimum absolute atomic E-state index is 0.292. The highest BCUT2D eigenvalue weighted by molar-refractivity contribution is 6.05. The van der Waals surface area contributed by atoms with Crippen LogP contribution in [0.3, 0.4) is 0 Å². The molecular formula is C18H15FN4O2. The van der Waals surface area contributed by atoms with Crippen LogP contribution in [0.2, 0.25) is 0 Å². The van der Waals surface area contributed by atoms with E-state index in [1.54, 1.807) is 48.5 Å². The van der Waals surface area contributed by atoms with E-state index < -0.39 is 0 Å². The number of anilines is 3. The van der Waals surface area contributed by atoms with Gasteiger partial charge in [-0.15, -0.1) is 10.2 Å². The van der Waals surface area contributed by atoms with Crippen LogP contribution >= 0.6 is 0 Å². The SMILES string of the molecule is COc1ccccc1C(=O)Nc1ccc(Nc2cccc(F)c2)nn1. The van der Waals surface area contributed by atoms with Crippen LogP contribution in [-0.2, 0) is 0 Å². The number of nitrogens with one attached hydrogen (secondary N) is 2. The predicted octanol–water partition coefficient (Wildman–Crippen LogP) is 3.62. The summed E-state index contributed by atoms with van der Waals surface area (Å²) < 4.78 is 18.3. The smallest absolute Gasteiger partial charge is 0.260 e. The van der Waals surface area contributed by atoms with Crippen molar-refractivity contribution in [3.05, 3.63) is 72.0 Å². The number of nitrogens with zero attached hydrogens (tertiary/aromatic N) is 2. The maximum absolute atomic E-state index is 13.2. The van der Waals surface area contributed by atoms with Crippen LogP contribution in [0.5, 0.6) is 5.75 Å². The minimum atomic E-state index is -0.349. The number of ether oxygens (including phenoxy) is 1. The van der Waals surface area contributed by atoms with Gasteiger partial charge in [0.1, 0.15) is 11.6 Å². The lowest BCUT2D eigenvalue weighted by atomic mass is 10.2. The van der Waals surface area contributed by atoms with E-state index in [1.165, 1.54) is 19.2 Å². The fourth-order valence-electron chi connectivity index (χ4n) is 2.20. The zero-order chi connectivity index (χ0) is 17.6. The van der Waals surface area contributed by atoms with E-state index in [1.807, 2.05) is 0 Å². The summed E-state index contributed by atoms with van der Waals surface area (Å²) in [6.45, 7) is 0. The Morgan fingerprint density at radius 2 is 1.76 bits per heavy atom. The summed E-state index contributed by atoms with van der Waals surface area (Å²) in [6.07, 6.45) is 0. The van der Waals surface area contributed by atoms with Crippen LogP contribution in [0.25, 0.3) is 0 Å². The summed E-state index contributed by atoms with van der Waals surface area (Å²) in [5.74, 6) is 0.496. The standard InChI is InChI=1S/C18H15FN4O2/c1-25-15-8-3-2-7-14(15)18(24)21-17-10-9-16(22-23-17)20-13-6-4-5-12(19)11-13/h2-11H,1H3,(H,20,22)(H,21,23,24). The Morgan fingerprint density at radius 3 is 2.48 bits per heavy atom. The molecule has 25 heavy (non-hydrogen) atoms. The third kappa shape index (κ3) is 4.08. The molecule has 0 fully saturated rings. The van der Waals surface area contributed by atoms with Crippen molar-refractivity contribution < 1.29 is 13.9 Å². The molecule has 7 heteroatoms. The second kappa shape index (κ2) is 7.39. The summed E-state index contributed by atoms with van der Waals surface area (Å²) in [5.41, 5.74) is 0.953. The Morgan fingerprint density at radius 1 is 1.00 bits per heavy atom. The molecule has 0 aliphatic heterocycles. The Labute approximate surface area is 143 Å². The largest absolute Gasteiger partial charge is 0.496 e. The minimum Gasteiger partial charge on any atom is -0.496 e. The fraction of sp³-hybridized carbons (Fsp3) is 0.0556. The highest BCUT2D eigenvalue weighted by atomic mass is 19.1. The van der Waals surface area contributed by atoms with E-state index in [4.69, 9.17) is 4.74 Å². The molecule has 2 N–H and O–H groups in total. The first-order valence-corrected chi connectivity index (χ1v) is 7.46. The number of carbonyl (C=O) groups is 1. The van der Waals surface area contributed by atoms with Crippen LogP contribution in [0.15, 0.2) is 60.7 Å². The molecule has 3 rings (SSSR count). The number of halogens is 1. The quantitative estimate of drug-likeness (QED) is 0.743. The van der Waals surface area contributed by atoms with Gasteiger partial charge in [-0.2, -0.15) is 0 Å². The second-order valence-electron chi connectivity index (χ2n) is 5.09. The molecule has 0 atom stereocenters. The number of methoxy groups -OCH3 is 1. The van der Waals surface area contributed by atoms with Crippen LogP contribution in [0.4, 0.5) is 21.7 Å². The Hall–Kier alpha value is -3.48. The number of hydrogen-bond acceptors (Lipinski definition) is 5. The molecule has 1 amide bonds. The molecule has 3 aromatic rings. The van der Waals surface area contributed by atoms with Crippen molar-refractivity contribution in [2.24, 2.45) is 0 Å². The maximum atomic E-state index is 13.2. The Bertz CT molecular complexity index is 884. The molecular weight excluding hydrogens is 323 g/mol. The molecule has 0 spiro atoms. The molecule has 0 bridgehead atoms. The third-order valence-corrected chi connectivity index (χ3v) is 3.35. The zero-order valence-corrected chi connectivity index (χ0v) is 13.4. The van der Waals surface area contributed by atoms with Gasteiger partial charge in [-0.25, -0.2) is 4.39 Å². The first kappa shape index (κ1) is 16.4. The summed E-state index contributed by atoms with van der Waals surface area (Å²) in [5, 5.41) is 13.5. The lowest BCUT2D eigenvalue weighted by molar-refractivity contribution is 0.102. The second-order valence-corrected chi connectivity index (χ2v) is 5.09. The monoisotopic (exact) mass is 338 g/mol. The zero-order valence-electron chi connectivity index (χ0n) is 13.4. The van der Waals surface area contributed by atoms with Crippen molar-refractivity contribution in [3.63, 3.8) is 0 Å². The molecule has 0 saturated carbocycles. The van der Waals surface area contributed by atoms with E-state index >= 15 is 0 Å². The van der Waals surface area contributed by atoms with Gasteiger partial charge in [0.05, 0.1) is 12.7 Å². The number of para-hydroxylation sites is 1.